The molecule has 7 heteroatoms. The Morgan fingerprint density at radius 2 is 0.581 bits per heavy atom. The van der Waals surface area contributed by atoms with Crippen LogP contribution in [-0.4, -0.2) is 99.3 Å². The molecule has 0 N–H and O–H groups in total. The van der Waals surface area contributed by atoms with E-state index in [1.807, 2.05) is 12.2 Å². The van der Waals surface area contributed by atoms with E-state index >= 15 is 0 Å². The van der Waals surface area contributed by atoms with Crippen molar-refractivity contribution in [2.75, 3.05) is 72.6 Å². The molecule has 366 valence electrons. The van der Waals surface area contributed by atoms with Crippen molar-refractivity contribution in [3.05, 3.63) is 24.3 Å². The molecule has 0 fully saturated rings. The Balaban J connectivity index is 4.39. The van der Waals surface area contributed by atoms with Crippen LogP contribution in [0.2, 0.25) is 0 Å². The van der Waals surface area contributed by atoms with Gasteiger partial charge in [0.05, 0.1) is 12.8 Å². The normalized spacial score (nSPS) is 12.0. The summed E-state index contributed by atoms with van der Waals surface area (Å²) < 4.78 is 11.2. The number of carbonyl (C=O) groups is 2. The molecule has 0 radical (unpaired) electrons. The third kappa shape index (κ3) is 46.3. The molecular formula is C55H107N3O4. The van der Waals surface area contributed by atoms with Crippen LogP contribution in [0.25, 0.3) is 0 Å². The molecule has 0 spiro atoms. The van der Waals surface area contributed by atoms with Crippen LogP contribution in [0.4, 0.5) is 0 Å². The first-order valence-corrected chi connectivity index (χ1v) is 27.2. The summed E-state index contributed by atoms with van der Waals surface area (Å²) in [6.07, 6.45) is 51.6. The van der Waals surface area contributed by atoms with Gasteiger partial charge in [0.15, 0.2) is 0 Å². The van der Waals surface area contributed by atoms with Crippen LogP contribution < -0.4 is 0 Å². The van der Waals surface area contributed by atoms with Gasteiger partial charge >= 0.3 is 11.9 Å². The van der Waals surface area contributed by atoms with Crippen molar-refractivity contribution < 1.29 is 19.1 Å². The maximum Gasteiger partial charge on any atom is 0.307 e. The van der Waals surface area contributed by atoms with Gasteiger partial charge in [-0.1, -0.05) is 220 Å². The maximum atomic E-state index is 12.6. The molecular weight excluding hydrogens is 767 g/mol. The minimum atomic E-state index is -0.1000. The molecule has 0 bridgehead atoms. The minimum absolute atomic E-state index is 0.1000. The molecule has 0 atom stereocenters. The molecule has 0 aromatic carbocycles. The van der Waals surface area contributed by atoms with Gasteiger partial charge in [-0.05, 0) is 71.1 Å². The van der Waals surface area contributed by atoms with Gasteiger partial charge in [-0.3, -0.25) is 14.5 Å². The topological polar surface area (TPSA) is 62.3 Å². The molecule has 7 nitrogen and oxygen atoms in total. The van der Waals surface area contributed by atoms with Crippen LogP contribution in [-0.2, 0) is 19.1 Å². The van der Waals surface area contributed by atoms with E-state index in [1.165, 1.54) is 205 Å². The third-order valence-corrected chi connectivity index (χ3v) is 12.4. The number of likely N-dealkylation sites (N-methyl/N-ethyl adjacent to an activating group) is 1. The summed E-state index contributed by atoms with van der Waals surface area (Å²) in [5, 5.41) is 0. The molecule has 0 saturated heterocycles. The average molecular weight is 874 g/mol. The second kappa shape index (κ2) is 50.3. The first-order chi connectivity index (χ1) is 30.5. The lowest BCUT2D eigenvalue weighted by molar-refractivity contribution is -0.143. The number of hydrogen-bond donors (Lipinski definition) is 0. The fraction of sp³-hybridized carbons (Fsp3) is 0.891. The molecule has 0 aromatic rings. The van der Waals surface area contributed by atoms with Crippen molar-refractivity contribution in [1.82, 2.24) is 14.7 Å². The number of ether oxygens (including phenoxy) is 2. The number of rotatable bonds is 50. The molecule has 0 rings (SSSR count). The zero-order chi connectivity index (χ0) is 45.2. The van der Waals surface area contributed by atoms with Crippen LogP contribution in [0.15, 0.2) is 24.3 Å². The van der Waals surface area contributed by atoms with Gasteiger partial charge < -0.3 is 19.3 Å². The van der Waals surface area contributed by atoms with Gasteiger partial charge in [-0.2, -0.15) is 0 Å². The summed E-state index contributed by atoms with van der Waals surface area (Å²) in [7, 11) is 2.06. The van der Waals surface area contributed by atoms with E-state index in [9.17, 15) is 9.59 Å². The average Bonchev–Trinajstić information content (AvgIpc) is 3.27. The fourth-order valence-corrected chi connectivity index (χ4v) is 8.19. The second-order valence-corrected chi connectivity index (χ2v) is 18.6. The van der Waals surface area contributed by atoms with E-state index in [2.05, 4.69) is 61.6 Å². The standard InChI is InChI=1S/C55H107N3O4/c1-6-10-14-18-22-26-30-34-46-57(47-35-31-27-23-19-15-11-7-2)50-42-54(59)61-52-40-38-44-56(5)45-39-41-53-62-55(60)43-51-58(48-36-32-28-24-20-16-12-8-3)49-37-33-29-25-21-17-13-9-4/h38-41H,6-37,42-53H2,1-5H3/b40-38+,41-39+. The number of carbonyl (C=O) groups excluding carboxylic acids is 2. The number of unbranched alkanes of at least 4 members (excludes halogenated alkanes) is 28. The van der Waals surface area contributed by atoms with E-state index < -0.39 is 0 Å². The highest BCUT2D eigenvalue weighted by atomic mass is 16.5. The first-order valence-electron chi connectivity index (χ1n) is 27.2. The summed E-state index contributed by atoms with van der Waals surface area (Å²) in [5.41, 5.74) is 0. The van der Waals surface area contributed by atoms with E-state index in [4.69, 9.17) is 9.47 Å². The third-order valence-electron chi connectivity index (χ3n) is 12.4. The van der Waals surface area contributed by atoms with Gasteiger partial charge in [0.2, 0.25) is 0 Å². The van der Waals surface area contributed by atoms with E-state index in [0.29, 0.717) is 26.1 Å². The van der Waals surface area contributed by atoms with Crippen molar-refractivity contribution in [2.24, 2.45) is 0 Å². The molecule has 0 aliphatic carbocycles. The second-order valence-electron chi connectivity index (χ2n) is 18.6. The summed E-state index contributed by atoms with van der Waals surface area (Å²) in [6, 6.07) is 0. The smallest absolute Gasteiger partial charge is 0.307 e. The fourth-order valence-electron chi connectivity index (χ4n) is 8.19. The number of nitrogens with zero attached hydrogens (tertiary/aromatic N) is 3. The lowest BCUT2D eigenvalue weighted by atomic mass is 10.1. The Morgan fingerprint density at radius 1 is 0.339 bits per heavy atom. The highest BCUT2D eigenvalue weighted by Gasteiger charge is 2.11. The Labute approximate surface area is 387 Å². The molecule has 0 aromatic heterocycles. The van der Waals surface area contributed by atoms with E-state index in [0.717, 1.165) is 52.4 Å². The van der Waals surface area contributed by atoms with Gasteiger partial charge in [0, 0.05) is 26.2 Å². The van der Waals surface area contributed by atoms with E-state index in [1.54, 1.807) is 0 Å². The van der Waals surface area contributed by atoms with Crippen molar-refractivity contribution >= 4 is 11.9 Å². The van der Waals surface area contributed by atoms with Gasteiger partial charge in [-0.25, -0.2) is 0 Å². The van der Waals surface area contributed by atoms with Crippen LogP contribution in [0.3, 0.4) is 0 Å². The Morgan fingerprint density at radius 3 is 0.839 bits per heavy atom. The van der Waals surface area contributed by atoms with Crippen molar-refractivity contribution in [3.8, 4) is 0 Å². The van der Waals surface area contributed by atoms with Crippen LogP contribution in [0.5, 0.6) is 0 Å². The summed E-state index contributed by atoms with van der Waals surface area (Å²) >= 11 is 0. The van der Waals surface area contributed by atoms with Crippen LogP contribution >= 0.6 is 0 Å². The summed E-state index contributed by atoms with van der Waals surface area (Å²) in [5.74, 6) is -0.200. The highest BCUT2D eigenvalue weighted by molar-refractivity contribution is 5.70. The zero-order valence-electron chi connectivity index (χ0n) is 42.4. The molecule has 0 unspecified atom stereocenters. The highest BCUT2D eigenvalue weighted by Crippen LogP contribution is 2.14. The Bertz CT molecular complexity index is 872. The zero-order valence-corrected chi connectivity index (χ0v) is 42.4. The van der Waals surface area contributed by atoms with Crippen molar-refractivity contribution in [3.63, 3.8) is 0 Å². The lowest BCUT2D eigenvalue weighted by Gasteiger charge is -2.22. The Hall–Kier alpha value is -1.70. The summed E-state index contributed by atoms with van der Waals surface area (Å²) in [6.45, 7) is 17.3. The largest absolute Gasteiger partial charge is 0.461 e. The lowest BCUT2D eigenvalue weighted by Crippen LogP contribution is -2.29. The number of esters is 2. The van der Waals surface area contributed by atoms with Gasteiger partial charge in [-0.15, -0.1) is 0 Å². The van der Waals surface area contributed by atoms with Crippen LogP contribution in [0.1, 0.15) is 246 Å². The summed E-state index contributed by atoms with van der Waals surface area (Å²) in [4.78, 5) is 32.5. The minimum Gasteiger partial charge on any atom is -0.461 e. The van der Waals surface area contributed by atoms with Gasteiger partial charge in [0.1, 0.15) is 13.2 Å². The Kier molecular flexibility index (Phi) is 48.9. The molecule has 0 saturated carbocycles. The van der Waals surface area contributed by atoms with Crippen molar-refractivity contribution in [1.29, 1.82) is 0 Å². The number of hydrogen-bond acceptors (Lipinski definition) is 7. The van der Waals surface area contributed by atoms with Crippen LogP contribution in [0, 0.1) is 0 Å². The van der Waals surface area contributed by atoms with Gasteiger partial charge in [0.25, 0.3) is 0 Å². The molecule has 0 aliphatic rings. The molecule has 0 amide bonds. The predicted molar refractivity (Wildman–Crippen MR) is 270 cm³/mol. The van der Waals surface area contributed by atoms with E-state index in [-0.39, 0.29) is 11.9 Å². The molecule has 0 heterocycles. The first kappa shape index (κ1) is 60.3. The molecule has 0 aliphatic heterocycles. The van der Waals surface area contributed by atoms with Crippen molar-refractivity contribution in [2.45, 2.75) is 246 Å². The molecule has 62 heavy (non-hydrogen) atoms. The maximum absolute atomic E-state index is 12.6. The quantitative estimate of drug-likeness (QED) is 0.0343. The predicted octanol–water partition coefficient (Wildman–Crippen LogP) is 15.1. The monoisotopic (exact) mass is 874 g/mol. The SMILES string of the molecule is CCCCCCCCCCN(CCCCCCCCCC)CCC(=O)OC/C=C/CN(C)C/C=C/COC(=O)CCN(CCCCCCCCCC)CCCCCCCCCC.